The van der Waals surface area contributed by atoms with Crippen molar-refractivity contribution in [2.24, 2.45) is 5.92 Å². The van der Waals surface area contributed by atoms with Gasteiger partial charge in [0.2, 0.25) is 0 Å². The number of para-hydroxylation sites is 1. The number of hydrogen-bond donors (Lipinski definition) is 2. The van der Waals surface area contributed by atoms with Gasteiger partial charge in [-0.25, -0.2) is 4.39 Å². The van der Waals surface area contributed by atoms with E-state index in [1.165, 1.54) is 11.0 Å². The van der Waals surface area contributed by atoms with E-state index in [9.17, 15) is 14.0 Å². The Labute approximate surface area is 174 Å². The van der Waals surface area contributed by atoms with Gasteiger partial charge in [0.25, 0.3) is 11.8 Å². The van der Waals surface area contributed by atoms with Crippen molar-refractivity contribution in [3.8, 4) is 5.69 Å². The van der Waals surface area contributed by atoms with E-state index in [0.29, 0.717) is 26.2 Å². The summed E-state index contributed by atoms with van der Waals surface area (Å²) in [5.74, 6) is -0.779. The number of nitrogens with one attached hydrogen (secondary N) is 2. The lowest BCUT2D eigenvalue weighted by atomic mass is 9.97. The van der Waals surface area contributed by atoms with Crippen LogP contribution in [0.1, 0.15) is 24.3 Å². The molecule has 2 aliphatic heterocycles. The molecule has 2 amide bonds. The SMILES string of the molecule is CC(C)C1NC(N2CCN(C(=O)c3cnn(-c4ccccc4)n3)CC2)NC(=O)C1F. The van der Waals surface area contributed by atoms with Crippen LogP contribution < -0.4 is 10.6 Å². The van der Waals surface area contributed by atoms with E-state index in [2.05, 4.69) is 20.8 Å². The first kappa shape index (κ1) is 20.4. The summed E-state index contributed by atoms with van der Waals surface area (Å²) in [6.45, 7) is 5.85. The Morgan fingerprint density at radius 3 is 2.53 bits per heavy atom. The zero-order valence-electron chi connectivity index (χ0n) is 17.0. The highest BCUT2D eigenvalue weighted by molar-refractivity contribution is 5.92. The molecule has 3 heterocycles. The van der Waals surface area contributed by atoms with E-state index in [1.54, 1.807) is 4.90 Å². The fourth-order valence-electron chi connectivity index (χ4n) is 3.80. The van der Waals surface area contributed by atoms with E-state index < -0.39 is 24.4 Å². The molecular weight excluding hydrogens is 389 g/mol. The second-order valence-electron chi connectivity index (χ2n) is 7.93. The van der Waals surface area contributed by atoms with Gasteiger partial charge in [0.15, 0.2) is 11.9 Å². The molecule has 2 N–H and O–H groups in total. The number of nitrogens with zero attached hydrogens (tertiary/aromatic N) is 5. The van der Waals surface area contributed by atoms with E-state index >= 15 is 0 Å². The zero-order chi connectivity index (χ0) is 21.3. The molecule has 0 bridgehead atoms. The molecule has 2 saturated heterocycles. The average molecular weight is 415 g/mol. The van der Waals surface area contributed by atoms with Crippen LogP contribution in [-0.4, -0.2) is 81.3 Å². The minimum Gasteiger partial charge on any atom is -0.335 e. The molecule has 0 spiro atoms. The zero-order valence-corrected chi connectivity index (χ0v) is 17.0. The molecule has 1 aromatic heterocycles. The number of carbonyl (C=O) groups is 2. The molecule has 1 aromatic carbocycles. The van der Waals surface area contributed by atoms with Crippen molar-refractivity contribution in [3.63, 3.8) is 0 Å². The number of benzene rings is 1. The summed E-state index contributed by atoms with van der Waals surface area (Å²) in [5.41, 5.74) is 1.07. The molecule has 30 heavy (non-hydrogen) atoms. The summed E-state index contributed by atoms with van der Waals surface area (Å²) in [6.07, 6.45) is -0.524. The number of aromatic nitrogens is 3. The van der Waals surface area contributed by atoms with Crippen molar-refractivity contribution in [3.05, 3.63) is 42.2 Å². The lowest BCUT2D eigenvalue weighted by Gasteiger charge is -2.44. The van der Waals surface area contributed by atoms with Gasteiger partial charge in [-0.3, -0.25) is 19.8 Å². The van der Waals surface area contributed by atoms with Crippen molar-refractivity contribution in [1.29, 1.82) is 0 Å². The number of halogens is 1. The summed E-state index contributed by atoms with van der Waals surface area (Å²) >= 11 is 0. The minimum absolute atomic E-state index is 0.0105. The third kappa shape index (κ3) is 4.05. The first-order valence-electron chi connectivity index (χ1n) is 10.2. The predicted octanol–water partition coefficient (Wildman–Crippen LogP) is 0.391. The normalized spacial score (nSPS) is 25.4. The molecule has 0 radical (unpaired) electrons. The van der Waals surface area contributed by atoms with Crippen LogP contribution in [0.3, 0.4) is 0 Å². The molecule has 3 unspecified atom stereocenters. The third-order valence-corrected chi connectivity index (χ3v) is 5.58. The first-order chi connectivity index (χ1) is 14.4. The fourth-order valence-corrected chi connectivity index (χ4v) is 3.80. The van der Waals surface area contributed by atoms with Crippen LogP contribution in [0.5, 0.6) is 0 Å². The summed E-state index contributed by atoms with van der Waals surface area (Å²) in [4.78, 5) is 30.0. The number of amides is 2. The van der Waals surface area contributed by atoms with Crippen LogP contribution in [-0.2, 0) is 4.79 Å². The molecular formula is C20H26FN7O2. The van der Waals surface area contributed by atoms with Crippen LogP contribution in [0.25, 0.3) is 5.69 Å². The number of rotatable bonds is 4. The van der Waals surface area contributed by atoms with E-state index in [0.717, 1.165) is 5.69 Å². The molecule has 4 rings (SSSR count). The maximum Gasteiger partial charge on any atom is 0.276 e. The second-order valence-corrected chi connectivity index (χ2v) is 7.93. The Morgan fingerprint density at radius 2 is 1.87 bits per heavy atom. The summed E-state index contributed by atoms with van der Waals surface area (Å²) < 4.78 is 14.2. The van der Waals surface area contributed by atoms with Gasteiger partial charge in [-0.2, -0.15) is 9.90 Å². The molecule has 2 fully saturated rings. The lowest BCUT2D eigenvalue weighted by Crippen LogP contribution is -2.71. The fraction of sp³-hybridized carbons (Fsp3) is 0.500. The highest BCUT2D eigenvalue weighted by atomic mass is 19.1. The van der Waals surface area contributed by atoms with Crippen molar-refractivity contribution in [2.75, 3.05) is 26.2 Å². The van der Waals surface area contributed by atoms with Crippen LogP contribution in [0.4, 0.5) is 4.39 Å². The largest absolute Gasteiger partial charge is 0.335 e. The molecule has 0 saturated carbocycles. The first-order valence-corrected chi connectivity index (χ1v) is 10.2. The topological polar surface area (TPSA) is 95.4 Å². The van der Waals surface area contributed by atoms with Gasteiger partial charge in [-0.1, -0.05) is 32.0 Å². The molecule has 3 atom stereocenters. The van der Waals surface area contributed by atoms with Gasteiger partial charge in [0.1, 0.15) is 6.29 Å². The average Bonchev–Trinajstić information content (AvgIpc) is 3.26. The number of carbonyl (C=O) groups excluding carboxylic acids is 2. The lowest BCUT2D eigenvalue weighted by molar-refractivity contribution is -0.135. The van der Waals surface area contributed by atoms with Crippen molar-refractivity contribution >= 4 is 11.8 Å². The standard InChI is InChI=1S/C20H26FN7O2/c1-13(2)17-16(21)18(29)24-20(23-17)27-10-8-26(9-11-27)19(30)15-12-22-28(25-15)14-6-4-3-5-7-14/h3-7,12-13,16-17,20,23H,8-11H2,1-2H3,(H,24,29). The minimum atomic E-state index is -1.56. The third-order valence-electron chi connectivity index (χ3n) is 5.58. The van der Waals surface area contributed by atoms with Crippen molar-refractivity contribution in [2.45, 2.75) is 32.4 Å². The molecule has 10 heteroatoms. The highest BCUT2D eigenvalue weighted by Crippen LogP contribution is 2.17. The van der Waals surface area contributed by atoms with Crippen molar-refractivity contribution < 1.29 is 14.0 Å². The maximum atomic E-state index is 14.2. The van der Waals surface area contributed by atoms with Gasteiger partial charge in [-0.05, 0) is 18.1 Å². The molecule has 0 aliphatic carbocycles. The number of piperazine rings is 1. The Hall–Kier alpha value is -2.85. The Bertz CT molecular complexity index is 896. The quantitative estimate of drug-likeness (QED) is 0.750. The highest BCUT2D eigenvalue weighted by Gasteiger charge is 2.40. The van der Waals surface area contributed by atoms with Crippen molar-refractivity contribution in [1.82, 2.24) is 35.4 Å². The predicted molar refractivity (Wildman–Crippen MR) is 107 cm³/mol. The van der Waals surface area contributed by atoms with Gasteiger partial charge in [0.05, 0.1) is 17.9 Å². The summed E-state index contributed by atoms with van der Waals surface area (Å²) in [6, 6.07) is 8.87. The van der Waals surface area contributed by atoms with E-state index in [4.69, 9.17) is 0 Å². The van der Waals surface area contributed by atoms with E-state index in [1.807, 2.05) is 49.1 Å². The number of hydrogen-bond acceptors (Lipinski definition) is 6. The Balaban J connectivity index is 1.36. The summed E-state index contributed by atoms with van der Waals surface area (Å²) in [7, 11) is 0. The Morgan fingerprint density at radius 1 is 1.17 bits per heavy atom. The monoisotopic (exact) mass is 415 g/mol. The van der Waals surface area contributed by atoms with Gasteiger partial charge < -0.3 is 10.2 Å². The summed E-state index contributed by atoms with van der Waals surface area (Å²) in [5, 5.41) is 14.4. The molecule has 9 nitrogen and oxygen atoms in total. The maximum absolute atomic E-state index is 14.2. The van der Waals surface area contributed by atoms with Crippen LogP contribution >= 0.6 is 0 Å². The number of alkyl halides is 1. The molecule has 2 aliphatic rings. The Kier molecular flexibility index (Phi) is 5.78. The van der Waals surface area contributed by atoms with Gasteiger partial charge in [0, 0.05) is 26.2 Å². The van der Waals surface area contributed by atoms with Crippen LogP contribution in [0.15, 0.2) is 36.5 Å². The second kappa shape index (κ2) is 8.49. The smallest absolute Gasteiger partial charge is 0.276 e. The molecule has 2 aromatic rings. The molecule has 160 valence electrons. The van der Waals surface area contributed by atoms with Gasteiger partial charge in [-0.15, -0.1) is 5.10 Å². The van der Waals surface area contributed by atoms with E-state index in [-0.39, 0.29) is 17.5 Å². The van der Waals surface area contributed by atoms with Crippen LogP contribution in [0.2, 0.25) is 0 Å². The van der Waals surface area contributed by atoms with Gasteiger partial charge >= 0.3 is 0 Å². The van der Waals surface area contributed by atoms with Crippen LogP contribution in [0, 0.1) is 5.92 Å².